The molecule has 4 heteroatoms. The van der Waals surface area contributed by atoms with E-state index in [0.717, 1.165) is 22.4 Å². The lowest BCUT2D eigenvalue weighted by molar-refractivity contribution is 0.665. The summed E-state index contributed by atoms with van der Waals surface area (Å²) in [7, 11) is 0. The first-order chi connectivity index (χ1) is 28.5. The van der Waals surface area contributed by atoms with Crippen LogP contribution in [0.1, 0.15) is 25.0 Å². The highest BCUT2D eigenvalue weighted by molar-refractivity contribution is 6.26. The van der Waals surface area contributed by atoms with E-state index in [1.54, 1.807) is 0 Å². The fraction of sp³-hybridized carbons (Fsp3) is 0.0556. The lowest BCUT2D eigenvalue weighted by Crippen LogP contribution is -2.16. The third-order valence-electron chi connectivity index (χ3n) is 12.4. The molecule has 0 aliphatic heterocycles. The van der Waals surface area contributed by atoms with E-state index in [2.05, 4.69) is 164 Å². The number of nitrogens with zero attached hydrogens (tertiary/aromatic N) is 4. The molecule has 11 aromatic rings. The molecule has 0 atom stereocenters. The molecule has 0 saturated carbocycles. The van der Waals surface area contributed by atoms with E-state index >= 15 is 0 Å². The molecule has 0 fully saturated rings. The average molecular weight is 741 g/mol. The van der Waals surface area contributed by atoms with Crippen molar-refractivity contribution in [1.82, 2.24) is 19.5 Å². The summed E-state index contributed by atoms with van der Waals surface area (Å²) in [6, 6.07) is 65.3. The summed E-state index contributed by atoms with van der Waals surface area (Å²) in [6.45, 7) is 4.82. The van der Waals surface area contributed by atoms with Gasteiger partial charge in [0.2, 0.25) is 0 Å². The van der Waals surface area contributed by atoms with Gasteiger partial charge in [0, 0.05) is 38.6 Å². The van der Waals surface area contributed by atoms with Crippen molar-refractivity contribution in [3.05, 3.63) is 193 Å². The van der Waals surface area contributed by atoms with E-state index in [9.17, 15) is 0 Å². The minimum absolute atomic E-state index is 0.280. The van der Waals surface area contributed by atoms with Crippen molar-refractivity contribution < 1.29 is 0 Å². The third-order valence-corrected chi connectivity index (χ3v) is 12.4. The molecule has 9 aromatic carbocycles. The fourth-order valence-corrected chi connectivity index (χ4v) is 9.73. The van der Waals surface area contributed by atoms with Crippen molar-refractivity contribution in [3.8, 4) is 51.0 Å². The van der Waals surface area contributed by atoms with E-state index in [1.807, 2.05) is 36.4 Å². The molecule has 12 rings (SSSR count). The molecule has 2 heterocycles. The Bertz CT molecular complexity index is 3410. The Kier molecular flexibility index (Phi) is 6.94. The number of fused-ring (bicyclic) bond motifs is 13. The molecule has 1 aliphatic rings. The molecule has 0 amide bonds. The zero-order valence-corrected chi connectivity index (χ0v) is 32.1. The van der Waals surface area contributed by atoms with E-state index in [4.69, 9.17) is 15.0 Å². The first-order valence-corrected chi connectivity index (χ1v) is 20.0. The van der Waals surface area contributed by atoms with Gasteiger partial charge >= 0.3 is 0 Å². The molecule has 272 valence electrons. The Morgan fingerprint density at radius 3 is 1.50 bits per heavy atom. The van der Waals surface area contributed by atoms with Crippen molar-refractivity contribution in [3.63, 3.8) is 0 Å². The maximum atomic E-state index is 5.09. The van der Waals surface area contributed by atoms with Gasteiger partial charge in [0.15, 0.2) is 17.5 Å². The summed E-state index contributed by atoms with van der Waals surface area (Å²) in [6.07, 6.45) is 0. The Morgan fingerprint density at radius 2 is 0.879 bits per heavy atom. The third kappa shape index (κ3) is 4.72. The van der Waals surface area contributed by atoms with Crippen LogP contribution in [0.5, 0.6) is 0 Å². The summed E-state index contributed by atoms with van der Waals surface area (Å²) >= 11 is 0. The van der Waals surface area contributed by atoms with Crippen molar-refractivity contribution in [2.24, 2.45) is 0 Å². The molecule has 1 aliphatic carbocycles. The van der Waals surface area contributed by atoms with Crippen LogP contribution in [0.25, 0.3) is 105 Å². The van der Waals surface area contributed by atoms with Gasteiger partial charge in [-0.3, -0.25) is 0 Å². The Labute approximate surface area is 335 Å². The first-order valence-electron chi connectivity index (χ1n) is 20.0. The number of aromatic nitrogens is 4. The quantitative estimate of drug-likeness (QED) is 0.169. The van der Waals surface area contributed by atoms with Crippen LogP contribution in [-0.2, 0) is 5.41 Å². The zero-order valence-electron chi connectivity index (χ0n) is 32.1. The van der Waals surface area contributed by atoms with Crippen molar-refractivity contribution in [1.29, 1.82) is 0 Å². The van der Waals surface area contributed by atoms with E-state index in [1.165, 1.54) is 76.4 Å². The van der Waals surface area contributed by atoms with Gasteiger partial charge in [0.1, 0.15) is 0 Å². The van der Waals surface area contributed by atoms with Crippen LogP contribution in [-0.4, -0.2) is 19.5 Å². The van der Waals surface area contributed by atoms with E-state index in [0.29, 0.717) is 17.5 Å². The molecule has 4 nitrogen and oxygen atoms in total. The maximum absolute atomic E-state index is 5.09. The second-order valence-corrected chi connectivity index (χ2v) is 16.0. The van der Waals surface area contributed by atoms with Crippen LogP contribution in [0.3, 0.4) is 0 Å². The Morgan fingerprint density at radius 1 is 0.379 bits per heavy atom. The predicted molar refractivity (Wildman–Crippen MR) is 241 cm³/mol. The SMILES string of the molecule is CC1(C)c2cc3c4ccccc4c4ccccc4c3cc2-c2ccc3c4ccccc4n(-c4cccc(-c5nc(-c6ccccc6)nc(-c6ccccc6)n5)c4)c3c21. The van der Waals surface area contributed by atoms with E-state index in [-0.39, 0.29) is 5.41 Å². The summed E-state index contributed by atoms with van der Waals surface area (Å²) in [5.41, 5.74) is 11.3. The standard InChI is InChI=1S/C54H36N4/c1-54(2)47-32-45-40-25-12-10-23-38(40)37-22-9-11-24-39(37)44(45)31-46(47)42-28-29-43-41-26-13-14-27-48(41)58(50(43)49(42)54)36-21-15-20-35(30-36)53-56-51(33-16-5-3-6-17-33)55-52(57-53)34-18-7-4-8-19-34/h3-32H,1-2H3. The molecule has 0 bridgehead atoms. The van der Waals surface area contributed by atoms with Gasteiger partial charge in [-0.25, -0.2) is 15.0 Å². The largest absolute Gasteiger partial charge is 0.309 e. The second kappa shape index (κ2) is 12.3. The topological polar surface area (TPSA) is 43.6 Å². The van der Waals surface area contributed by atoms with Gasteiger partial charge in [0.05, 0.1) is 11.0 Å². The smallest absolute Gasteiger partial charge is 0.164 e. The summed E-state index contributed by atoms with van der Waals surface area (Å²) in [5, 5.41) is 10.3. The molecular formula is C54H36N4. The Balaban J connectivity index is 1.11. The van der Waals surface area contributed by atoms with Crippen LogP contribution in [0, 0.1) is 0 Å². The monoisotopic (exact) mass is 740 g/mol. The van der Waals surface area contributed by atoms with Gasteiger partial charge in [0.25, 0.3) is 0 Å². The average Bonchev–Trinajstić information content (AvgIpc) is 3.74. The van der Waals surface area contributed by atoms with Gasteiger partial charge in [-0.1, -0.05) is 166 Å². The van der Waals surface area contributed by atoms with Crippen molar-refractivity contribution in [2.45, 2.75) is 19.3 Å². The van der Waals surface area contributed by atoms with Gasteiger partial charge < -0.3 is 4.57 Å². The lowest BCUT2D eigenvalue weighted by Gasteiger charge is -2.24. The van der Waals surface area contributed by atoms with Crippen LogP contribution >= 0.6 is 0 Å². The minimum Gasteiger partial charge on any atom is -0.309 e. The number of para-hydroxylation sites is 1. The molecule has 0 saturated heterocycles. The van der Waals surface area contributed by atoms with Crippen LogP contribution < -0.4 is 0 Å². The number of rotatable bonds is 4. The van der Waals surface area contributed by atoms with Gasteiger partial charge in [-0.15, -0.1) is 0 Å². The number of hydrogen-bond donors (Lipinski definition) is 0. The van der Waals surface area contributed by atoms with Gasteiger partial charge in [-0.05, 0) is 84.9 Å². The van der Waals surface area contributed by atoms with Crippen molar-refractivity contribution >= 4 is 54.1 Å². The number of hydrogen-bond acceptors (Lipinski definition) is 3. The summed E-state index contributed by atoms with van der Waals surface area (Å²) in [4.78, 5) is 15.1. The summed E-state index contributed by atoms with van der Waals surface area (Å²) < 4.78 is 2.47. The lowest BCUT2D eigenvalue weighted by atomic mass is 9.80. The minimum atomic E-state index is -0.280. The molecule has 0 unspecified atom stereocenters. The molecule has 0 radical (unpaired) electrons. The molecule has 0 N–H and O–H groups in total. The Hall–Kier alpha value is -7.43. The fourth-order valence-electron chi connectivity index (χ4n) is 9.73. The summed E-state index contributed by atoms with van der Waals surface area (Å²) in [5.74, 6) is 1.94. The van der Waals surface area contributed by atoms with Gasteiger partial charge in [-0.2, -0.15) is 0 Å². The van der Waals surface area contributed by atoms with E-state index < -0.39 is 0 Å². The normalized spacial score (nSPS) is 13.1. The predicted octanol–water partition coefficient (Wildman–Crippen LogP) is 13.7. The molecule has 0 spiro atoms. The molecule has 2 aromatic heterocycles. The zero-order chi connectivity index (χ0) is 38.5. The van der Waals surface area contributed by atoms with Crippen molar-refractivity contribution in [2.75, 3.05) is 0 Å². The van der Waals surface area contributed by atoms with Crippen LogP contribution in [0.4, 0.5) is 0 Å². The highest BCUT2D eigenvalue weighted by atomic mass is 15.0. The number of benzene rings is 9. The van der Waals surface area contributed by atoms with Crippen LogP contribution in [0.2, 0.25) is 0 Å². The maximum Gasteiger partial charge on any atom is 0.164 e. The van der Waals surface area contributed by atoms with Crippen LogP contribution in [0.15, 0.2) is 182 Å². The highest BCUT2D eigenvalue weighted by Gasteiger charge is 2.39. The molecular weight excluding hydrogens is 705 g/mol. The molecule has 58 heavy (non-hydrogen) atoms. The second-order valence-electron chi connectivity index (χ2n) is 16.0. The first kappa shape index (κ1) is 32.8. The highest BCUT2D eigenvalue weighted by Crippen LogP contribution is 2.55.